The van der Waals surface area contributed by atoms with E-state index in [0.717, 1.165) is 5.75 Å². The Morgan fingerprint density at radius 3 is 2.27 bits per heavy atom. The smallest absolute Gasteiger partial charge is 1.00 e. The molecule has 3 heteroatoms. The molecule has 0 spiro atoms. The fourth-order valence-electron chi connectivity index (χ4n) is 1.83. The van der Waals surface area contributed by atoms with Crippen LogP contribution in [0.1, 0.15) is 32.1 Å². The van der Waals surface area contributed by atoms with Gasteiger partial charge < -0.3 is 21.7 Å². The van der Waals surface area contributed by atoms with E-state index >= 15 is 0 Å². The molecule has 0 aromatic heterocycles. The molecule has 0 aliphatic heterocycles. The fraction of sp³-hybridized carbons (Fsp3) is 0.500. The largest absolute Gasteiger partial charge is 2.00 e. The van der Waals surface area contributed by atoms with Gasteiger partial charge in [0.25, 0.3) is 0 Å². The van der Waals surface area contributed by atoms with Crippen molar-refractivity contribution in [1.82, 2.24) is 0 Å². The Balaban J connectivity index is 0.000000980. The minimum absolute atomic E-state index is 0. The Kier molecular flexibility index (Phi) is 8.57. The average molecular weight is 279 g/mol. The quantitative estimate of drug-likeness (QED) is 0.539. The summed E-state index contributed by atoms with van der Waals surface area (Å²) >= 11 is 0. The van der Waals surface area contributed by atoms with Crippen LogP contribution in [0.25, 0.3) is 0 Å². The molecule has 0 amide bonds. The van der Waals surface area contributed by atoms with Gasteiger partial charge in [-0.3, -0.25) is 0 Å². The van der Waals surface area contributed by atoms with Crippen LogP contribution in [0, 0.1) is 6.07 Å². The topological polar surface area (TPSA) is 9.23 Å². The van der Waals surface area contributed by atoms with Crippen molar-refractivity contribution in [3.8, 4) is 5.75 Å². The number of hydrogen-bond donors (Lipinski definition) is 0. The van der Waals surface area contributed by atoms with E-state index in [2.05, 4.69) is 6.07 Å². The van der Waals surface area contributed by atoms with Gasteiger partial charge >= 0.3 is 23.1 Å². The third-order valence-corrected chi connectivity index (χ3v) is 2.54. The van der Waals surface area contributed by atoms with Crippen LogP contribution in [0.4, 0.5) is 0 Å². The molecule has 1 aromatic rings. The number of rotatable bonds is 2. The molecule has 0 radical (unpaired) electrons. The fourth-order valence-corrected chi connectivity index (χ4v) is 1.83. The van der Waals surface area contributed by atoms with Crippen LogP contribution in [0.15, 0.2) is 24.3 Å². The molecule has 1 fully saturated rings. The predicted molar refractivity (Wildman–Crippen MR) is 58.5 cm³/mol. The number of benzene rings is 1. The molecular formula is C12H15BrMgO. The van der Waals surface area contributed by atoms with Gasteiger partial charge in [0.05, 0.1) is 6.10 Å². The molecule has 0 saturated heterocycles. The summed E-state index contributed by atoms with van der Waals surface area (Å²) in [4.78, 5) is 0. The van der Waals surface area contributed by atoms with E-state index in [1.165, 1.54) is 32.1 Å². The Bertz CT molecular complexity index is 247. The SMILES string of the molecule is [Br-].[Mg+2].[c-]1ccc(OC2CCCCC2)cc1. The summed E-state index contributed by atoms with van der Waals surface area (Å²) in [6, 6.07) is 10.8. The van der Waals surface area contributed by atoms with Gasteiger partial charge in [-0.25, -0.2) is 0 Å². The first kappa shape index (κ1) is 15.3. The summed E-state index contributed by atoms with van der Waals surface area (Å²) in [7, 11) is 0. The first-order valence-corrected chi connectivity index (χ1v) is 5.08. The summed E-state index contributed by atoms with van der Waals surface area (Å²) in [5.74, 6) is 0.991. The van der Waals surface area contributed by atoms with E-state index in [1.807, 2.05) is 24.3 Å². The number of halogens is 1. The van der Waals surface area contributed by atoms with Crippen molar-refractivity contribution in [3.05, 3.63) is 30.3 Å². The second-order valence-electron chi connectivity index (χ2n) is 3.61. The first-order chi connectivity index (χ1) is 6.45. The number of ether oxygens (including phenoxy) is 1. The van der Waals surface area contributed by atoms with Crippen molar-refractivity contribution in [2.75, 3.05) is 0 Å². The zero-order valence-corrected chi connectivity index (χ0v) is 11.9. The molecule has 0 N–H and O–H groups in total. The molecule has 1 saturated carbocycles. The Morgan fingerprint density at radius 1 is 1.07 bits per heavy atom. The molecule has 1 aliphatic rings. The first-order valence-electron chi connectivity index (χ1n) is 5.08. The minimum Gasteiger partial charge on any atom is -1.00 e. The third kappa shape index (κ3) is 5.23. The van der Waals surface area contributed by atoms with Crippen molar-refractivity contribution in [2.45, 2.75) is 38.2 Å². The van der Waals surface area contributed by atoms with Crippen LogP contribution in [-0.4, -0.2) is 29.2 Å². The molecular weight excluding hydrogens is 264 g/mol. The molecule has 1 nitrogen and oxygen atoms in total. The molecule has 78 valence electrons. The van der Waals surface area contributed by atoms with Crippen molar-refractivity contribution < 1.29 is 21.7 Å². The van der Waals surface area contributed by atoms with Crippen LogP contribution in [0.3, 0.4) is 0 Å². The van der Waals surface area contributed by atoms with E-state index in [4.69, 9.17) is 4.74 Å². The molecule has 1 aliphatic carbocycles. The summed E-state index contributed by atoms with van der Waals surface area (Å²) < 4.78 is 5.84. The van der Waals surface area contributed by atoms with Crippen LogP contribution in [0.2, 0.25) is 0 Å². The van der Waals surface area contributed by atoms with Gasteiger partial charge in [-0.05, 0) is 25.7 Å². The van der Waals surface area contributed by atoms with Gasteiger partial charge in [0, 0.05) is 5.75 Å². The molecule has 0 bridgehead atoms. The van der Waals surface area contributed by atoms with Crippen molar-refractivity contribution in [1.29, 1.82) is 0 Å². The third-order valence-electron chi connectivity index (χ3n) is 2.54. The molecule has 2 rings (SSSR count). The maximum Gasteiger partial charge on any atom is 2.00 e. The number of hydrogen-bond acceptors (Lipinski definition) is 1. The summed E-state index contributed by atoms with van der Waals surface area (Å²) in [6.45, 7) is 0. The zero-order valence-electron chi connectivity index (χ0n) is 8.92. The van der Waals surface area contributed by atoms with Gasteiger partial charge in [-0.15, -0.1) is 12.1 Å². The van der Waals surface area contributed by atoms with Crippen LogP contribution in [-0.2, 0) is 0 Å². The minimum atomic E-state index is 0. The Morgan fingerprint density at radius 2 is 1.67 bits per heavy atom. The normalized spacial score (nSPS) is 16.0. The average Bonchev–Trinajstić information content (AvgIpc) is 2.21. The van der Waals surface area contributed by atoms with Crippen molar-refractivity contribution in [3.63, 3.8) is 0 Å². The van der Waals surface area contributed by atoms with Gasteiger partial charge in [-0.1, -0.05) is 6.42 Å². The Hall–Kier alpha value is 0.266. The maximum atomic E-state index is 5.84. The van der Waals surface area contributed by atoms with E-state index in [-0.39, 0.29) is 40.0 Å². The van der Waals surface area contributed by atoms with Gasteiger partial charge in [0.1, 0.15) is 0 Å². The van der Waals surface area contributed by atoms with E-state index in [1.54, 1.807) is 0 Å². The van der Waals surface area contributed by atoms with Crippen molar-refractivity contribution in [2.24, 2.45) is 0 Å². The van der Waals surface area contributed by atoms with E-state index < -0.39 is 0 Å². The second kappa shape index (κ2) is 8.42. The second-order valence-corrected chi connectivity index (χ2v) is 3.61. The summed E-state index contributed by atoms with van der Waals surface area (Å²) in [5, 5.41) is 0. The van der Waals surface area contributed by atoms with E-state index in [9.17, 15) is 0 Å². The van der Waals surface area contributed by atoms with Gasteiger partial charge in [0.2, 0.25) is 0 Å². The Labute approximate surface area is 119 Å². The molecule has 0 unspecified atom stereocenters. The monoisotopic (exact) mass is 278 g/mol. The summed E-state index contributed by atoms with van der Waals surface area (Å²) in [5.41, 5.74) is 0. The van der Waals surface area contributed by atoms with E-state index in [0.29, 0.717) is 6.10 Å². The maximum absolute atomic E-state index is 5.84. The summed E-state index contributed by atoms with van der Waals surface area (Å²) in [6.07, 6.45) is 6.92. The van der Waals surface area contributed by atoms with Gasteiger partial charge in [0.15, 0.2) is 0 Å². The molecule has 1 aromatic carbocycles. The molecule has 0 atom stereocenters. The van der Waals surface area contributed by atoms with Crippen molar-refractivity contribution >= 4 is 23.1 Å². The molecule has 15 heavy (non-hydrogen) atoms. The standard InChI is InChI=1S/C12H15O.BrH.Mg/c1-3-7-11(8-4-1)13-12-9-5-2-6-10-12;;/h5-6,9-11H,1,3-4,7-8H2;1H;/q-1;;+2/p-1. The molecule has 0 heterocycles. The zero-order chi connectivity index (χ0) is 8.93. The van der Waals surface area contributed by atoms with Gasteiger partial charge in [-0.2, -0.15) is 18.2 Å². The van der Waals surface area contributed by atoms with Crippen LogP contribution >= 0.6 is 0 Å². The predicted octanol–water partition coefficient (Wildman–Crippen LogP) is -0.179. The van der Waals surface area contributed by atoms with Crippen LogP contribution < -0.4 is 21.7 Å². The van der Waals surface area contributed by atoms with Crippen LogP contribution in [0.5, 0.6) is 5.75 Å².